The lowest BCUT2D eigenvalue weighted by molar-refractivity contribution is 0.465. The van der Waals surface area contributed by atoms with Crippen LogP contribution in [0.5, 0.6) is 0 Å². The van der Waals surface area contributed by atoms with Gasteiger partial charge < -0.3 is 11.1 Å². The van der Waals surface area contributed by atoms with E-state index in [0.29, 0.717) is 6.04 Å². The molecule has 0 aromatic heterocycles. The third kappa shape index (κ3) is 9.78. The van der Waals surface area contributed by atoms with Crippen LogP contribution in [0.25, 0.3) is 0 Å². The summed E-state index contributed by atoms with van der Waals surface area (Å²) in [6.07, 6.45) is 13.8. The molecule has 0 fully saturated rings. The average molecular weight is 210 g/mol. The highest BCUT2D eigenvalue weighted by Gasteiger charge is 2.03. The molecule has 0 radical (unpaired) electrons. The van der Waals surface area contributed by atoms with Gasteiger partial charge in [0.1, 0.15) is 0 Å². The van der Waals surface area contributed by atoms with E-state index in [1.165, 1.54) is 38.5 Å². The van der Waals surface area contributed by atoms with E-state index in [2.05, 4.69) is 18.2 Å². The van der Waals surface area contributed by atoms with Crippen LogP contribution in [0, 0.1) is 12.3 Å². The summed E-state index contributed by atoms with van der Waals surface area (Å²) in [6, 6.07) is 0.458. The van der Waals surface area contributed by atoms with Crippen molar-refractivity contribution < 1.29 is 0 Å². The molecule has 0 aliphatic heterocycles. The second kappa shape index (κ2) is 11.6. The van der Waals surface area contributed by atoms with E-state index >= 15 is 0 Å². The number of nitrogens with two attached hydrogens (primary N) is 1. The Morgan fingerprint density at radius 1 is 1.27 bits per heavy atom. The zero-order valence-electron chi connectivity index (χ0n) is 10.1. The second-order valence-corrected chi connectivity index (χ2v) is 4.04. The molecule has 0 rings (SSSR count). The van der Waals surface area contributed by atoms with Gasteiger partial charge >= 0.3 is 0 Å². The normalized spacial score (nSPS) is 12.3. The maximum Gasteiger partial charge on any atom is 0.0212 e. The van der Waals surface area contributed by atoms with Crippen LogP contribution >= 0.6 is 0 Å². The van der Waals surface area contributed by atoms with Gasteiger partial charge in [-0.2, -0.15) is 0 Å². The molecule has 0 aromatic carbocycles. The summed E-state index contributed by atoms with van der Waals surface area (Å²) in [4.78, 5) is 0. The van der Waals surface area contributed by atoms with Crippen molar-refractivity contribution in [3.05, 3.63) is 0 Å². The van der Waals surface area contributed by atoms with Crippen LogP contribution in [0.2, 0.25) is 0 Å². The first kappa shape index (κ1) is 14.5. The van der Waals surface area contributed by atoms with Crippen molar-refractivity contribution in [2.75, 3.05) is 13.1 Å². The molecular weight excluding hydrogens is 184 g/mol. The van der Waals surface area contributed by atoms with Crippen LogP contribution in [0.15, 0.2) is 0 Å². The molecule has 3 N–H and O–H groups in total. The predicted octanol–water partition coefficient (Wildman–Crippen LogP) is 2.29. The van der Waals surface area contributed by atoms with Gasteiger partial charge in [0.25, 0.3) is 0 Å². The SMILES string of the molecule is C#CCCNC(CN)CCCCCCC. The minimum absolute atomic E-state index is 0.458. The molecule has 1 unspecified atom stereocenters. The number of terminal acetylenes is 1. The molecule has 0 aliphatic carbocycles. The molecule has 0 bridgehead atoms. The lowest BCUT2D eigenvalue weighted by Gasteiger charge is -2.15. The van der Waals surface area contributed by atoms with Gasteiger partial charge in [-0.1, -0.05) is 39.0 Å². The summed E-state index contributed by atoms with van der Waals surface area (Å²) < 4.78 is 0. The molecule has 0 saturated carbocycles. The van der Waals surface area contributed by atoms with Crippen LogP contribution in [0.1, 0.15) is 51.9 Å². The zero-order valence-corrected chi connectivity index (χ0v) is 10.1. The van der Waals surface area contributed by atoms with Crippen molar-refractivity contribution in [2.24, 2.45) is 5.73 Å². The van der Waals surface area contributed by atoms with Gasteiger partial charge in [0.2, 0.25) is 0 Å². The van der Waals surface area contributed by atoms with Gasteiger partial charge in [0.15, 0.2) is 0 Å². The van der Waals surface area contributed by atoms with Gasteiger partial charge in [-0.25, -0.2) is 0 Å². The van der Waals surface area contributed by atoms with Gasteiger partial charge in [0.05, 0.1) is 0 Å². The Morgan fingerprint density at radius 2 is 2.00 bits per heavy atom. The van der Waals surface area contributed by atoms with Crippen molar-refractivity contribution >= 4 is 0 Å². The molecule has 0 amide bonds. The molecule has 15 heavy (non-hydrogen) atoms. The van der Waals surface area contributed by atoms with Crippen molar-refractivity contribution in [3.63, 3.8) is 0 Å². The van der Waals surface area contributed by atoms with Crippen molar-refractivity contribution in [1.29, 1.82) is 0 Å². The topological polar surface area (TPSA) is 38.0 Å². The number of nitrogens with one attached hydrogen (secondary N) is 1. The first-order valence-corrected chi connectivity index (χ1v) is 6.22. The van der Waals surface area contributed by atoms with Crippen LogP contribution < -0.4 is 11.1 Å². The first-order valence-electron chi connectivity index (χ1n) is 6.22. The summed E-state index contributed by atoms with van der Waals surface area (Å²) in [5.41, 5.74) is 5.68. The number of unbranched alkanes of at least 4 members (excludes halogenated alkanes) is 4. The monoisotopic (exact) mass is 210 g/mol. The molecule has 0 aromatic rings. The van der Waals surface area contributed by atoms with Crippen LogP contribution in [0.4, 0.5) is 0 Å². The Kier molecular flexibility index (Phi) is 11.2. The highest BCUT2D eigenvalue weighted by atomic mass is 14.9. The van der Waals surface area contributed by atoms with E-state index in [9.17, 15) is 0 Å². The number of hydrogen-bond donors (Lipinski definition) is 2. The minimum atomic E-state index is 0.458. The van der Waals surface area contributed by atoms with E-state index in [1.54, 1.807) is 0 Å². The largest absolute Gasteiger partial charge is 0.329 e. The summed E-state index contributed by atoms with van der Waals surface area (Å²) >= 11 is 0. The molecular formula is C13H26N2. The Balaban J connectivity index is 3.32. The minimum Gasteiger partial charge on any atom is -0.329 e. The summed E-state index contributed by atoms with van der Waals surface area (Å²) in [7, 11) is 0. The smallest absolute Gasteiger partial charge is 0.0212 e. The summed E-state index contributed by atoms with van der Waals surface area (Å²) in [5.74, 6) is 2.63. The van der Waals surface area contributed by atoms with E-state index < -0.39 is 0 Å². The quantitative estimate of drug-likeness (QED) is 0.429. The van der Waals surface area contributed by atoms with E-state index in [-0.39, 0.29) is 0 Å². The molecule has 88 valence electrons. The van der Waals surface area contributed by atoms with E-state index in [4.69, 9.17) is 12.2 Å². The van der Waals surface area contributed by atoms with Gasteiger partial charge in [-0.15, -0.1) is 12.3 Å². The molecule has 1 atom stereocenters. The lowest BCUT2D eigenvalue weighted by Crippen LogP contribution is -2.36. The Hall–Kier alpha value is -0.520. The fraction of sp³-hybridized carbons (Fsp3) is 0.846. The lowest BCUT2D eigenvalue weighted by atomic mass is 10.1. The molecule has 0 saturated heterocycles. The second-order valence-electron chi connectivity index (χ2n) is 4.04. The predicted molar refractivity (Wildman–Crippen MR) is 67.7 cm³/mol. The molecule has 2 heteroatoms. The van der Waals surface area contributed by atoms with Crippen molar-refractivity contribution in [2.45, 2.75) is 57.9 Å². The van der Waals surface area contributed by atoms with Gasteiger partial charge in [0, 0.05) is 25.6 Å². The van der Waals surface area contributed by atoms with Crippen LogP contribution in [-0.4, -0.2) is 19.1 Å². The number of hydrogen-bond acceptors (Lipinski definition) is 2. The van der Waals surface area contributed by atoms with Gasteiger partial charge in [-0.05, 0) is 6.42 Å². The van der Waals surface area contributed by atoms with Gasteiger partial charge in [-0.3, -0.25) is 0 Å². The third-order valence-corrected chi connectivity index (χ3v) is 2.64. The fourth-order valence-corrected chi connectivity index (χ4v) is 1.65. The maximum absolute atomic E-state index is 5.68. The molecule has 0 heterocycles. The maximum atomic E-state index is 5.68. The number of rotatable bonds is 10. The van der Waals surface area contributed by atoms with E-state index in [0.717, 1.165) is 19.5 Å². The molecule has 2 nitrogen and oxygen atoms in total. The highest BCUT2D eigenvalue weighted by Crippen LogP contribution is 2.06. The summed E-state index contributed by atoms with van der Waals surface area (Å²) in [6.45, 7) is 3.86. The van der Waals surface area contributed by atoms with Crippen molar-refractivity contribution in [1.82, 2.24) is 5.32 Å². The van der Waals surface area contributed by atoms with Crippen molar-refractivity contribution in [3.8, 4) is 12.3 Å². The molecule has 0 spiro atoms. The first-order chi connectivity index (χ1) is 7.35. The molecule has 0 aliphatic rings. The Bertz CT molecular complexity index is 160. The summed E-state index contributed by atoms with van der Waals surface area (Å²) in [5, 5.41) is 3.39. The van der Waals surface area contributed by atoms with Crippen LogP contribution in [-0.2, 0) is 0 Å². The highest BCUT2D eigenvalue weighted by molar-refractivity contribution is 4.84. The average Bonchev–Trinajstić information content (AvgIpc) is 2.26. The third-order valence-electron chi connectivity index (χ3n) is 2.64. The standard InChI is InChI=1S/C13H26N2/c1-3-5-7-8-9-10-13(12-14)15-11-6-4-2/h2,13,15H,3,5-12,14H2,1H3. The zero-order chi connectivity index (χ0) is 11.4. The Morgan fingerprint density at radius 3 is 2.60 bits per heavy atom. The Labute approximate surface area is 95.0 Å². The van der Waals surface area contributed by atoms with E-state index in [1.807, 2.05) is 0 Å². The van der Waals surface area contributed by atoms with Crippen LogP contribution in [0.3, 0.4) is 0 Å². The fourth-order valence-electron chi connectivity index (χ4n) is 1.65.